The van der Waals surface area contributed by atoms with E-state index in [1.54, 1.807) is 11.8 Å². The minimum atomic E-state index is 0.0483. The lowest BCUT2D eigenvalue weighted by Crippen LogP contribution is -2.82. The average Bonchev–Trinajstić information content (AvgIpc) is 3.36. The molecule has 1 fully saturated rings. The number of hydrogen-bond donors (Lipinski definition) is 1. The summed E-state index contributed by atoms with van der Waals surface area (Å²) in [7, 11) is 4.10. The van der Waals surface area contributed by atoms with Gasteiger partial charge in [0.2, 0.25) is 11.4 Å². The van der Waals surface area contributed by atoms with Crippen LogP contribution in [0, 0.1) is 13.8 Å². The summed E-state index contributed by atoms with van der Waals surface area (Å²) in [6, 6.07) is 14.9. The number of hydrogen-bond acceptors (Lipinski definition) is 6. The van der Waals surface area contributed by atoms with Gasteiger partial charge in [-0.3, -0.25) is 0 Å². The number of aromatic nitrogens is 4. The predicted molar refractivity (Wildman–Crippen MR) is 115 cm³/mol. The first-order valence-electron chi connectivity index (χ1n) is 9.76. The van der Waals surface area contributed by atoms with Crippen molar-refractivity contribution >= 4 is 17.4 Å². The van der Waals surface area contributed by atoms with E-state index >= 15 is 0 Å². The zero-order valence-electron chi connectivity index (χ0n) is 17.2. The molecule has 2 atom stereocenters. The average molecular weight is 412 g/mol. The number of anilines is 1. The highest BCUT2D eigenvalue weighted by Gasteiger charge is 2.30. The third kappa shape index (κ3) is 4.44. The van der Waals surface area contributed by atoms with Crippen molar-refractivity contribution in [3.05, 3.63) is 59.2 Å². The summed E-state index contributed by atoms with van der Waals surface area (Å²) < 4.78 is 8.08. The number of thioether (sulfide) groups is 1. The Bertz CT molecular complexity index is 972. The largest absolute Gasteiger partial charge is 0.378 e. The molecule has 2 aromatic carbocycles. The van der Waals surface area contributed by atoms with Gasteiger partial charge in [-0.15, -0.1) is 5.10 Å². The minimum absolute atomic E-state index is 0.0483. The fourth-order valence-electron chi connectivity index (χ4n) is 3.51. The van der Waals surface area contributed by atoms with Gasteiger partial charge >= 0.3 is 0 Å². The molecule has 3 aromatic rings. The molecule has 0 saturated carbocycles. The fourth-order valence-corrected chi connectivity index (χ4v) is 4.41. The van der Waals surface area contributed by atoms with E-state index in [0.717, 1.165) is 28.7 Å². The Morgan fingerprint density at radius 2 is 1.97 bits per heavy atom. The Morgan fingerprint density at radius 3 is 2.69 bits per heavy atom. The van der Waals surface area contributed by atoms with Crippen LogP contribution in [0.3, 0.4) is 0 Å². The third-order valence-corrected chi connectivity index (χ3v) is 6.16. The molecule has 8 heteroatoms. The van der Waals surface area contributed by atoms with Crippen molar-refractivity contribution in [3.63, 3.8) is 0 Å². The van der Waals surface area contributed by atoms with E-state index in [2.05, 4.69) is 82.1 Å². The Kier molecular flexibility index (Phi) is 5.84. The zero-order chi connectivity index (χ0) is 20.4. The van der Waals surface area contributed by atoms with E-state index in [4.69, 9.17) is 4.74 Å². The standard InChI is InChI=1S/C21H26N6OS/c1-14-5-10-19(15(2)11-14)27-21(23-24-25-27)29-13-18-12-22-20(28-18)16-6-8-17(9-7-16)26(3)4/h5-11,18,20,22H,12-13H2,1-4H3/p+1/t18-,20+/m1/s1. The molecule has 0 unspecified atom stereocenters. The van der Waals surface area contributed by atoms with Crippen LogP contribution in [0.1, 0.15) is 22.9 Å². The second-order valence-electron chi connectivity index (χ2n) is 7.61. The molecule has 0 aliphatic carbocycles. The van der Waals surface area contributed by atoms with Crippen molar-refractivity contribution in [1.82, 2.24) is 20.2 Å². The number of rotatable bonds is 6. The molecule has 29 heavy (non-hydrogen) atoms. The van der Waals surface area contributed by atoms with Gasteiger partial charge in [0, 0.05) is 31.1 Å². The van der Waals surface area contributed by atoms with Crippen molar-refractivity contribution in [3.8, 4) is 5.69 Å². The maximum atomic E-state index is 6.26. The SMILES string of the molecule is Cc1ccc(-n2nnnc2SC[C@H]2C[NH2+][C@H](c3ccc(N(C)C)cc3)O2)c(C)c1. The molecule has 0 spiro atoms. The lowest BCUT2D eigenvalue weighted by Gasteiger charge is -2.14. The molecule has 1 saturated heterocycles. The lowest BCUT2D eigenvalue weighted by atomic mass is 10.1. The van der Waals surface area contributed by atoms with Crippen LogP contribution in [0.15, 0.2) is 47.6 Å². The molecule has 7 nitrogen and oxygen atoms in total. The van der Waals surface area contributed by atoms with Crippen LogP contribution >= 0.6 is 11.8 Å². The molecule has 1 aliphatic heterocycles. The first kappa shape index (κ1) is 19.9. The number of aryl methyl sites for hydroxylation is 2. The van der Waals surface area contributed by atoms with E-state index < -0.39 is 0 Å². The molecule has 2 heterocycles. The molecule has 0 amide bonds. The predicted octanol–water partition coefficient (Wildman–Crippen LogP) is 2.10. The van der Waals surface area contributed by atoms with E-state index in [-0.39, 0.29) is 12.3 Å². The van der Waals surface area contributed by atoms with Gasteiger partial charge in [0.1, 0.15) is 12.6 Å². The molecule has 1 aromatic heterocycles. The lowest BCUT2D eigenvalue weighted by molar-refractivity contribution is -0.697. The number of quaternary nitrogens is 1. The number of ether oxygens (including phenoxy) is 1. The van der Waals surface area contributed by atoms with E-state index in [1.807, 2.05) is 18.8 Å². The fraction of sp³-hybridized carbons (Fsp3) is 0.381. The first-order valence-corrected chi connectivity index (χ1v) is 10.7. The highest BCUT2D eigenvalue weighted by molar-refractivity contribution is 7.99. The molecular formula is C21H27N6OS+. The van der Waals surface area contributed by atoms with Crippen molar-refractivity contribution in [2.24, 2.45) is 0 Å². The van der Waals surface area contributed by atoms with Gasteiger partial charge in [-0.25, -0.2) is 0 Å². The van der Waals surface area contributed by atoms with E-state index in [9.17, 15) is 0 Å². The molecule has 152 valence electrons. The van der Waals surface area contributed by atoms with Crippen molar-refractivity contribution in [2.75, 3.05) is 31.3 Å². The topological polar surface area (TPSA) is 72.7 Å². The van der Waals surface area contributed by atoms with Gasteiger partial charge in [0.15, 0.2) is 0 Å². The van der Waals surface area contributed by atoms with Crippen LogP contribution in [0.4, 0.5) is 5.69 Å². The summed E-state index contributed by atoms with van der Waals surface area (Å²) in [5.41, 5.74) is 5.79. The Balaban J connectivity index is 1.38. The molecule has 4 rings (SSSR count). The monoisotopic (exact) mass is 411 g/mol. The Labute approximate surface area is 175 Å². The summed E-state index contributed by atoms with van der Waals surface area (Å²) >= 11 is 1.64. The normalized spacial score (nSPS) is 18.9. The molecule has 1 aliphatic rings. The highest BCUT2D eigenvalue weighted by atomic mass is 32.2. The Hall–Kier alpha value is -2.42. The second kappa shape index (κ2) is 8.52. The third-order valence-electron chi connectivity index (χ3n) is 5.11. The second-order valence-corrected chi connectivity index (χ2v) is 8.60. The molecular weight excluding hydrogens is 384 g/mol. The van der Waals surface area contributed by atoms with Gasteiger partial charge < -0.3 is 15.0 Å². The van der Waals surface area contributed by atoms with Crippen LogP contribution in [0.5, 0.6) is 0 Å². The molecule has 0 bridgehead atoms. The van der Waals surface area contributed by atoms with Crippen LogP contribution < -0.4 is 10.2 Å². The quantitative estimate of drug-likeness (QED) is 0.627. The first-order chi connectivity index (χ1) is 14.0. The highest BCUT2D eigenvalue weighted by Crippen LogP contribution is 2.25. The smallest absolute Gasteiger partial charge is 0.217 e. The Morgan fingerprint density at radius 1 is 1.17 bits per heavy atom. The van der Waals surface area contributed by atoms with Crippen LogP contribution in [0.25, 0.3) is 5.69 Å². The van der Waals surface area contributed by atoms with Crippen molar-refractivity contribution < 1.29 is 10.1 Å². The number of benzene rings is 2. The van der Waals surface area contributed by atoms with Gasteiger partial charge in [-0.1, -0.05) is 29.5 Å². The summed E-state index contributed by atoms with van der Waals surface area (Å²) in [5.74, 6) is 0.814. The van der Waals surface area contributed by atoms with Gasteiger partial charge in [-0.05, 0) is 60.2 Å². The summed E-state index contributed by atoms with van der Waals surface area (Å²) in [6.07, 6.45) is 0.204. The summed E-state index contributed by atoms with van der Waals surface area (Å²) in [5, 5.41) is 15.3. The van der Waals surface area contributed by atoms with Gasteiger partial charge in [-0.2, -0.15) is 4.68 Å². The molecule has 2 N–H and O–H groups in total. The van der Waals surface area contributed by atoms with Gasteiger partial charge in [0.05, 0.1) is 5.69 Å². The van der Waals surface area contributed by atoms with Crippen LogP contribution in [-0.2, 0) is 4.74 Å². The summed E-state index contributed by atoms with van der Waals surface area (Å²) in [4.78, 5) is 2.10. The zero-order valence-corrected chi connectivity index (χ0v) is 18.1. The van der Waals surface area contributed by atoms with Crippen molar-refractivity contribution in [2.45, 2.75) is 31.3 Å². The number of tetrazole rings is 1. The summed E-state index contributed by atoms with van der Waals surface area (Å²) in [6.45, 7) is 5.10. The number of nitrogens with two attached hydrogens (primary N) is 1. The maximum Gasteiger partial charge on any atom is 0.217 e. The van der Waals surface area contributed by atoms with E-state index in [0.29, 0.717) is 0 Å². The van der Waals surface area contributed by atoms with Crippen LogP contribution in [0.2, 0.25) is 0 Å². The minimum Gasteiger partial charge on any atom is -0.378 e. The molecule has 0 radical (unpaired) electrons. The van der Waals surface area contributed by atoms with Gasteiger partial charge in [0.25, 0.3) is 0 Å². The number of nitrogens with zero attached hydrogens (tertiary/aromatic N) is 5. The van der Waals surface area contributed by atoms with E-state index in [1.165, 1.54) is 16.8 Å². The van der Waals surface area contributed by atoms with Crippen molar-refractivity contribution in [1.29, 1.82) is 0 Å². The maximum absolute atomic E-state index is 6.26. The van der Waals surface area contributed by atoms with Crippen LogP contribution in [-0.4, -0.2) is 52.7 Å².